The number of aromatic nitrogens is 8. The maximum atomic E-state index is 4.48. The third-order valence-corrected chi connectivity index (χ3v) is 14.4. The van der Waals surface area contributed by atoms with Crippen molar-refractivity contribution in [1.82, 2.24) is 28.2 Å². The van der Waals surface area contributed by atoms with Crippen molar-refractivity contribution in [2.75, 3.05) is 0 Å². The van der Waals surface area contributed by atoms with E-state index in [0.29, 0.717) is 0 Å². The Morgan fingerprint density at radius 3 is 1.26 bits per heavy atom. The summed E-state index contributed by atoms with van der Waals surface area (Å²) in [6.45, 7) is 5.07. The first-order chi connectivity index (χ1) is 34.5. The average Bonchev–Trinajstić information content (AvgIpc) is 4.19. The van der Waals surface area contributed by atoms with Crippen LogP contribution in [0.1, 0.15) is 44.5 Å². The van der Waals surface area contributed by atoms with Crippen molar-refractivity contribution < 1.29 is 9.13 Å². The number of rotatable bonds is 6. The molecule has 6 heterocycles. The highest BCUT2D eigenvalue weighted by atomic mass is 79.9. The molecule has 2 aliphatic rings. The van der Waals surface area contributed by atoms with E-state index in [4.69, 9.17) is 0 Å². The molecule has 8 nitrogen and oxygen atoms in total. The zero-order valence-corrected chi connectivity index (χ0v) is 41.9. The second-order valence-electron chi connectivity index (χ2n) is 18.0. The zero-order valence-electron chi connectivity index (χ0n) is 38.8. The van der Waals surface area contributed by atoms with Crippen LogP contribution in [-0.4, -0.2) is 28.2 Å². The van der Waals surface area contributed by atoms with Crippen molar-refractivity contribution in [1.29, 1.82) is 0 Å². The van der Waals surface area contributed by atoms with Gasteiger partial charge in [0.05, 0.1) is 34.7 Å². The van der Waals surface area contributed by atoms with Gasteiger partial charge in [-0.15, -0.1) is 0 Å². The molecule has 0 unspecified atom stereocenters. The first kappa shape index (κ1) is 45.1. The summed E-state index contributed by atoms with van der Waals surface area (Å²) in [6, 6.07) is 69.3. The Bertz CT molecular complexity index is 3480. The molecule has 0 fully saturated rings. The number of fused-ring (bicyclic) bond motifs is 6. The minimum Gasteiger partial charge on any atom is -0.326 e. The van der Waals surface area contributed by atoms with Crippen LogP contribution in [0.2, 0.25) is 0 Å². The van der Waals surface area contributed by atoms with E-state index in [1.807, 2.05) is 36.9 Å². The Hall–Kier alpha value is -7.40. The molecule has 0 atom stereocenters. The summed E-state index contributed by atoms with van der Waals surface area (Å²) in [5, 5.41) is 1.88. The van der Waals surface area contributed by atoms with Crippen molar-refractivity contribution in [2.24, 2.45) is 0 Å². The zero-order chi connectivity index (χ0) is 47.2. The van der Waals surface area contributed by atoms with Crippen LogP contribution >= 0.6 is 31.9 Å². The summed E-state index contributed by atoms with van der Waals surface area (Å²) < 4.78 is 13.9. The van der Waals surface area contributed by atoms with Gasteiger partial charge >= 0.3 is 0 Å². The van der Waals surface area contributed by atoms with Crippen LogP contribution in [0.25, 0.3) is 44.1 Å². The van der Waals surface area contributed by atoms with Gasteiger partial charge < -0.3 is 9.13 Å². The molecule has 0 aliphatic carbocycles. The smallest absolute Gasteiger partial charge is 0.245 e. The highest BCUT2D eigenvalue weighted by molar-refractivity contribution is 9.08. The number of imidazole rings is 4. The number of hydrogen-bond acceptors (Lipinski definition) is 2. The Kier molecular flexibility index (Phi) is 13.3. The number of para-hydroxylation sites is 8. The lowest BCUT2D eigenvalue weighted by molar-refractivity contribution is -0.664. The minimum absolute atomic E-state index is 0.818. The van der Waals surface area contributed by atoms with Crippen molar-refractivity contribution in [3.63, 3.8) is 0 Å². The summed E-state index contributed by atoms with van der Waals surface area (Å²) in [4.78, 5) is 8.97. The molecule has 0 saturated carbocycles. The van der Waals surface area contributed by atoms with Crippen LogP contribution in [-0.2, 0) is 49.9 Å². The van der Waals surface area contributed by atoms with Crippen molar-refractivity contribution in [3.05, 3.63) is 264 Å². The molecule has 8 bridgehead atoms. The standard InChI is InChI=1S/C30H26N4.C22H18N4.C8H8Br2/c1-3-10-29-27(8-1)31-17-23-12-14-24(15-13-23)18-32-22-34(30-11-4-2-9-28(30)32)20-26-7-5-6-25(16-26)19-33(29)21-31;1-3-10-21-19(8-1)23-15-25(21)13-17-6-5-7-18(12-17)14-26-16-24-20-9-2-4-11-22(20)26;9-5-7-1-2-8(6-10)4-3-7/h1-16,21-22H,17-20H2;1-12,15-16H,13-14H2;1-4H,5-6H2/q+2;;. The van der Waals surface area contributed by atoms with Gasteiger partial charge in [0.1, 0.15) is 26.2 Å². The quantitative estimate of drug-likeness (QED) is 0.123. The number of benzene rings is 8. The molecule has 12 aromatic rings. The van der Waals surface area contributed by atoms with Gasteiger partial charge in [0.15, 0.2) is 22.1 Å². The minimum atomic E-state index is 0.818. The number of alkyl halides is 2. The fourth-order valence-electron chi connectivity index (χ4n) is 9.56. The summed E-state index contributed by atoms with van der Waals surface area (Å²) in [5.74, 6) is 0. The van der Waals surface area contributed by atoms with E-state index >= 15 is 0 Å². The second-order valence-corrected chi connectivity index (χ2v) is 19.1. The number of halogens is 2. The lowest BCUT2D eigenvalue weighted by Gasteiger charge is -2.09. The highest BCUT2D eigenvalue weighted by Crippen LogP contribution is 2.21. The first-order valence-corrected chi connectivity index (χ1v) is 26.0. The van der Waals surface area contributed by atoms with Crippen LogP contribution in [0.15, 0.2) is 219 Å². The molecule has 0 amide bonds. The molecule has 0 saturated heterocycles. The lowest BCUT2D eigenvalue weighted by Crippen LogP contribution is -2.34. The monoisotopic (exact) mass is 1040 g/mol. The molecule has 10 heteroatoms. The van der Waals surface area contributed by atoms with Crippen LogP contribution in [0.5, 0.6) is 0 Å². The topological polar surface area (TPSA) is 53.3 Å². The summed E-state index contributed by atoms with van der Waals surface area (Å²) in [5.41, 5.74) is 19.9. The number of nitrogens with zero attached hydrogens (tertiary/aromatic N) is 8. The van der Waals surface area contributed by atoms with Gasteiger partial charge in [0, 0.05) is 23.7 Å². The average molecular weight is 1040 g/mol. The largest absolute Gasteiger partial charge is 0.326 e. The van der Waals surface area contributed by atoms with Gasteiger partial charge in [0.2, 0.25) is 12.7 Å². The fraction of sp³-hybridized carbons (Fsp3) is 0.133. The van der Waals surface area contributed by atoms with E-state index in [2.05, 4.69) is 252 Å². The predicted molar refractivity (Wildman–Crippen MR) is 289 cm³/mol. The Morgan fingerprint density at radius 2 is 0.800 bits per heavy atom. The van der Waals surface area contributed by atoms with E-state index in [9.17, 15) is 0 Å². The third kappa shape index (κ3) is 10.0. The van der Waals surface area contributed by atoms with Crippen molar-refractivity contribution in [2.45, 2.75) is 49.9 Å². The molecule has 70 heavy (non-hydrogen) atoms. The molecule has 2 aliphatic heterocycles. The Balaban J connectivity index is 0.000000131. The molecule has 14 rings (SSSR count). The Labute approximate surface area is 424 Å². The normalized spacial score (nSPS) is 12.1. The molecule has 0 N–H and O–H groups in total. The molecule has 4 aromatic heterocycles. The number of hydrogen-bond donors (Lipinski definition) is 0. The summed E-state index contributed by atoms with van der Waals surface area (Å²) in [6.07, 6.45) is 8.37. The van der Waals surface area contributed by atoms with E-state index in [1.165, 1.54) is 77.6 Å². The summed E-state index contributed by atoms with van der Waals surface area (Å²) >= 11 is 6.78. The third-order valence-electron chi connectivity index (χ3n) is 13.1. The van der Waals surface area contributed by atoms with Crippen LogP contribution < -0.4 is 9.13 Å². The van der Waals surface area contributed by atoms with Gasteiger partial charge in [0.25, 0.3) is 0 Å². The van der Waals surface area contributed by atoms with Gasteiger partial charge in [-0.2, -0.15) is 0 Å². The molecule has 0 radical (unpaired) electrons. The fourth-order valence-corrected chi connectivity index (χ4v) is 10.3. The Morgan fingerprint density at radius 1 is 0.386 bits per heavy atom. The lowest BCUT2D eigenvalue weighted by atomic mass is 10.1. The maximum Gasteiger partial charge on any atom is 0.245 e. The van der Waals surface area contributed by atoms with Gasteiger partial charge in [-0.1, -0.05) is 171 Å². The molecule has 344 valence electrons. The first-order valence-electron chi connectivity index (χ1n) is 23.7. The van der Waals surface area contributed by atoms with Gasteiger partial charge in [-0.05, 0) is 99.1 Å². The van der Waals surface area contributed by atoms with Crippen molar-refractivity contribution in [3.8, 4) is 0 Å². The maximum absolute atomic E-state index is 4.48. The van der Waals surface area contributed by atoms with Crippen LogP contribution in [0.3, 0.4) is 0 Å². The molecule has 8 aromatic carbocycles. The van der Waals surface area contributed by atoms with E-state index in [-0.39, 0.29) is 0 Å². The van der Waals surface area contributed by atoms with Crippen molar-refractivity contribution >= 4 is 76.0 Å². The van der Waals surface area contributed by atoms with Crippen LogP contribution in [0, 0.1) is 0 Å². The predicted octanol–water partition coefficient (Wildman–Crippen LogP) is 12.6. The van der Waals surface area contributed by atoms with E-state index in [0.717, 1.165) is 61.0 Å². The SMILES string of the molecule is BrCc1ccc(CBr)cc1.c1cc(Cn2cnc3ccccc32)cc(Cn2cnc3ccccc32)c1.c1cc2cc(c1)C[n+]1cn(c3ccccc31)Cc1ccc(cc1)Cn1c[n+](c3ccccc31)C2. The second kappa shape index (κ2) is 20.7. The summed E-state index contributed by atoms with van der Waals surface area (Å²) in [7, 11) is 0. The van der Waals surface area contributed by atoms with E-state index in [1.54, 1.807) is 0 Å². The molecule has 0 spiro atoms. The van der Waals surface area contributed by atoms with Gasteiger partial charge in [-0.25, -0.2) is 28.2 Å². The molecular formula is C60H52Br2N8+2. The highest BCUT2D eigenvalue weighted by Gasteiger charge is 2.19. The van der Waals surface area contributed by atoms with E-state index < -0.39 is 0 Å². The van der Waals surface area contributed by atoms with Gasteiger partial charge in [-0.3, -0.25) is 0 Å². The molecular weight excluding hydrogens is 993 g/mol. The van der Waals surface area contributed by atoms with Crippen LogP contribution in [0.4, 0.5) is 0 Å².